The number of nitrogens with zero attached hydrogens (tertiary/aromatic N) is 2. The minimum atomic E-state index is 0.0516. The first kappa shape index (κ1) is 14.4. The van der Waals surface area contributed by atoms with Gasteiger partial charge in [-0.25, -0.2) is 0 Å². The highest BCUT2D eigenvalue weighted by Gasteiger charge is 2.27. The highest BCUT2D eigenvalue weighted by atomic mass is 16.2. The zero-order valence-electron chi connectivity index (χ0n) is 12.6. The number of amides is 1. The van der Waals surface area contributed by atoms with Crippen molar-refractivity contribution in [1.82, 2.24) is 10.2 Å². The van der Waals surface area contributed by atoms with Crippen LogP contribution in [-0.2, 0) is 4.79 Å². The first-order valence-corrected chi connectivity index (χ1v) is 8.17. The van der Waals surface area contributed by atoms with Gasteiger partial charge in [0.1, 0.15) is 0 Å². The molecule has 4 heteroatoms. The van der Waals surface area contributed by atoms with Crippen LogP contribution >= 0.6 is 0 Å². The lowest BCUT2D eigenvalue weighted by Crippen LogP contribution is -2.54. The monoisotopic (exact) mass is 287 g/mol. The van der Waals surface area contributed by atoms with Crippen molar-refractivity contribution in [2.24, 2.45) is 0 Å². The number of hydrogen-bond donors (Lipinski definition) is 1. The van der Waals surface area contributed by atoms with E-state index in [2.05, 4.69) is 34.5 Å². The summed E-state index contributed by atoms with van der Waals surface area (Å²) < 4.78 is 0. The van der Waals surface area contributed by atoms with Crippen molar-refractivity contribution in [3.63, 3.8) is 0 Å². The molecule has 1 aromatic rings. The standard InChI is InChI=1S/C17H25N3O/c21-17(16-9-5-2-6-10-18-16)20-13-11-19(12-14-20)15-7-3-1-4-8-15/h1,3-4,7-8,16,18H,2,5-6,9-14H2. The molecule has 0 aliphatic carbocycles. The van der Waals surface area contributed by atoms with Crippen molar-refractivity contribution in [1.29, 1.82) is 0 Å². The lowest BCUT2D eigenvalue weighted by molar-refractivity contribution is -0.133. The average Bonchev–Trinajstić information content (AvgIpc) is 2.84. The van der Waals surface area contributed by atoms with E-state index in [0.717, 1.165) is 39.1 Å². The first-order chi connectivity index (χ1) is 10.3. The van der Waals surface area contributed by atoms with Gasteiger partial charge in [-0.15, -0.1) is 0 Å². The summed E-state index contributed by atoms with van der Waals surface area (Å²) in [6.07, 6.45) is 4.62. The van der Waals surface area contributed by atoms with Crippen LogP contribution in [0.4, 0.5) is 5.69 Å². The van der Waals surface area contributed by atoms with Crippen LogP contribution in [0.1, 0.15) is 25.7 Å². The minimum absolute atomic E-state index is 0.0516. The predicted octanol–water partition coefficient (Wildman–Crippen LogP) is 1.87. The van der Waals surface area contributed by atoms with Gasteiger partial charge in [-0.1, -0.05) is 31.0 Å². The van der Waals surface area contributed by atoms with Gasteiger partial charge in [0.2, 0.25) is 5.91 Å². The molecule has 1 N–H and O–H groups in total. The Hall–Kier alpha value is -1.55. The predicted molar refractivity (Wildman–Crippen MR) is 85.5 cm³/mol. The molecule has 2 saturated heterocycles. The zero-order valence-corrected chi connectivity index (χ0v) is 12.6. The second-order valence-electron chi connectivity index (χ2n) is 6.00. The van der Waals surface area contributed by atoms with Crippen LogP contribution < -0.4 is 10.2 Å². The van der Waals surface area contributed by atoms with Gasteiger partial charge in [0.15, 0.2) is 0 Å². The Morgan fingerprint density at radius 3 is 2.52 bits per heavy atom. The van der Waals surface area contributed by atoms with Gasteiger partial charge in [0.05, 0.1) is 6.04 Å². The van der Waals surface area contributed by atoms with Crippen molar-refractivity contribution in [3.05, 3.63) is 30.3 Å². The summed E-state index contributed by atoms with van der Waals surface area (Å²) >= 11 is 0. The third kappa shape index (κ3) is 3.56. The van der Waals surface area contributed by atoms with E-state index < -0.39 is 0 Å². The van der Waals surface area contributed by atoms with Gasteiger partial charge >= 0.3 is 0 Å². The maximum Gasteiger partial charge on any atom is 0.239 e. The normalized spacial score (nSPS) is 23.7. The van der Waals surface area contributed by atoms with Crippen LogP contribution in [0.3, 0.4) is 0 Å². The van der Waals surface area contributed by atoms with E-state index in [9.17, 15) is 4.79 Å². The summed E-state index contributed by atoms with van der Waals surface area (Å²) in [7, 11) is 0. The molecule has 21 heavy (non-hydrogen) atoms. The molecule has 2 fully saturated rings. The number of anilines is 1. The Bertz CT molecular complexity index is 446. The molecule has 2 aliphatic heterocycles. The minimum Gasteiger partial charge on any atom is -0.368 e. The van der Waals surface area contributed by atoms with Crippen LogP contribution in [0.2, 0.25) is 0 Å². The summed E-state index contributed by atoms with van der Waals surface area (Å²) in [4.78, 5) is 17.0. The Morgan fingerprint density at radius 2 is 1.76 bits per heavy atom. The fourth-order valence-corrected chi connectivity index (χ4v) is 3.28. The Kier molecular flexibility index (Phi) is 4.76. The van der Waals surface area contributed by atoms with E-state index in [-0.39, 0.29) is 6.04 Å². The van der Waals surface area contributed by atoms with Gasteiger partial charge in [-0.05, 0) is 31.5 Å². The summed E-state index contributed by atoms with van der Waals surface area (Å²) in [6.45, 7) is 4.53. The van der Waals surface area contributed by atoms with Crippen molar-refractivity contribution in [2.75, 3.05) is 37.6 Å². The molecule has 2 aliphatic rings. The number of rotatable bonds is 2. The second kappa shape index (κ2) is 6.94. The van der Waals surface area contributed by atoms with Crippen LogP contribution in [0.5, 0.6) is 0 Å². The molecule has 114 valence electrons. The van der Waals surface area contributed by atoms with Gasteiger partial charge in [0, 0.05) is 31.9 Å². The Labute approximate surface area is 127 Å². The molecule has 4 nitrogen and oxygen atoms in total. The van der Waals surface area contributed by atoms with Gasteiger partial charge < -0.3 is 15.1 Å². The number of carbonyl (C=O) groups excluding carboxylic acids is 1. The fourth-order valence-electron chi connectivity index (χ4n) is 3.28. The number of para-hydroxylation sites is 1. The quantitative estimate of drug-likeness (QED) is 0.902. The van der Waals surface area contributed by atoms with Crippen molar-refractivity contribution in [3.8, 4) is 0 Å². The molecule has 0 spiro atoms. The molecule has 1 aromatic carbocycles. The summed E-state index contributed by atoms with van der Waals surface area (Å²) in [6, 6.07) is 10.5. The molecule has 0 bridgehead atoms. The van der Waals surface area contributed by atoms with E-state index in [4.69, 9.17) is 0 Å². The molecule has 2 heterocycles. The third-order valence-corrected chi connectivity index (χ3v) is 4.57. The van der Waals surface area contributed by atoms with Crippen molar-refractivity contribution >= 4 is 11.6 Å². The molecular weight excluding hydrogens is 262 g/mol. The lowest BCUT2D eigenvalue weighted by atomic mass is 10.1. The molecule has 0 saturated carbocycles. The van der Waals surface area contributed by atoms with Crippen LogP contribution in [0, 0.1) is 0 Å². The highest BCUT2D eigenvalue weighted by Crippen LogP contribution is 2.17. The highest BCUT2D eigenvalue weighted by molar-refractivity contribution is 5.82. The molecule has 3 rings (SSSR count). The van der Waals surface area contributed by atoms with Gasteiger partial charge in [-0.3, -0.25) is 4.79 Å². The van der Waals surface area contributed by atoms with E-state index in [0.29, 0.717) is 5.91 Å². The molecule has 1 amide bonds. The largest absolute Gasteiger partial charge is 0.368 e. The van der Waals surface area contributed by atoms with Crippen LogP contribution in [-0.4, -0.2) is 49.6 Å². The van der Waals surface area contributed by atoms with Crippen molar-refractivity contribution in [2.45, 2.75) is 31.7 Å². The van der Waals surface area contributed by atoms with E-state index >= 15 is 0 Å². The second-order valence-corrected chi connectivity index (χ2v) is 6.00. The summed E-state index contributed by atoms with van der Waals surface area (Å²) in [5, 5.41) is 3.42. The van der Waals surface area contributed by atoms with Crippen LogP contribution in [0.15, 0.2) is 30.3 Å². The molecule has 0 radical (unpaired) electrons. The van der Waals surface area contributed by atoms with Gasteiger partial charge in [-0.2, -0.15) is 0 Å². The maximum atomic E-state index is 12.6. The maximum absolute atomic E-state index is 12.6. The molecule has 1 atom stereocenters. The topological polar surface area (TPSA) is 35.6 Å². The molecule has 0 aromatic heterocycles. The van der Waals surface area contributed by atoms with Crippen molar-refractivity contribution < 1.29 is 4.79 Å². The van der Waals surface area contributed by atoms with Gasteiger partial charge in [0.25, 0.3) is 0 Å². The number of hydrogen-bond acceptors (Lipinski definition) is 3. The van der Waals surface area contributed by atoms with E-state index in [1.54, 1.807) is 0 Å². The Balaban J connectivity index is 1.54. The van der Waals surface area contributed by atoms with Crippen LogP contribution in [0.25, 0.3) is 0 Å². The Morgan fingerprint density at radius 1 is 1.00 bits per heavy atom. The zero-order chi connectivity index (χ0) is 14.5. The number of piperazine rings is 1. The molecular formula is C17H25N3O. The summed E-state index contributed by atoms with van der Waals surface area (Å²) in [5.41, 5.74) is 1.26. The number of nitrogens with one attached hydrogen (secondary N) is 1. The first-order valence-electron chi connectivity index (χ1n) is 8.17. The fraction of sp³-hybridized carbons (Fsp3) is 0.588. The summed E-state index contributed by atoms with van der Waals surface area (Å²) in [5.74, 6) is 0.310. The third-order valence-electron chi connectivity index (χ3n) is 4.57. The SMILES string of the molecule is O=C(C1CCCCCN1)N1CCN(c2ccccc2)CC1. The smallest absolute Gasteiger partial charge is 0.239 e. The molecule has 1 unspecified atom stereocenters. The van der Waals surface area contributed by atoms with E-state index in [1.165, 1.54) is 24.9 Å². The average molecular weight is 287 g/mol. The lowest BCUT2D eigenvalue weighted by Gasteiger charge is -2.37. The van der Waals surface area contributed by atoms with E-state index in [1.807, 2.05) is 11.0 Å². The number of benzene rings is 1. The number of carbonyl (C=O) groups is 1.